The van der Waals surface area contributed by atoms with Gasteiger partial charge in [-0.1, -0.05) is 5.21 Å². The van der Waals surface area contributed by atoms with Gasteiger partial charge in [0.15, 0.2) is 11.2 Å². The van der Waals surface area contributed by atoms with Crippen LogP contribution in [0.15, 0.2) is 30.5 Å². The molecule has 3 aromatic rings. The minimum Gasteiger partial charge on any atom is -0.497 e. The zero-order valence-electron chi connectivity index (χ0n) is 20.5. The maximum absolute atomic E-state index is 10.7. The van der Waals surface area contributed by atoms with Gasteiger partial charge in [-0.3, -0.25) is 10.2 Å². The molecule has 1 saturated heterocycles. The van der Waals surface area contributed by atoms with Crippen LogP contribution in [0.5, 0.6) is 5.75 Å². The minimum absolute atomic E-state index is 0.218. The van der Waals surface area contributed by atoms with E-state index in [0.29, 0.717) is 17.1 Å². The normalized spacial score (nSPS) is 22.5. The predicted octanol–water partition coefficient (Wildman–Crippen LogP) is 0.955. The van der Waals surface area contributed by atoms with Gasteiger partial charge in [-0.2, -0.15) is 9.67 Å². The first-order chi connectivity index (χ1) is 17.1. The Morgan fingerprint density at radius 3 is 2.71 bits per heavy atom. The van der Waals surface area contributed by atoms with Crippen molar-refractivity contribution in [2.24, 2.45) is 5.92 Å². The average Bonchev–Trinajstić information content (AvgIpc) is 3.52. The lowest BCUT2D eigenvalue weighted by molar-refractivity contribution is 0.0706. The van der Waals surface area contributed by atoms with E-state index in [4.69, 9.17) is 9.72 Å². The zero-order chi connectivity index (χ0) is 24.2. The Hall–Kier alpha value is -2.86. The SMILES string of the molecule is COc1ccc(-n2nnc3cnc(N[C@@H]4CC[C@@H](C(O)NCCN5CCN(C)CC5)C4)nc32)cc1. The first-order valence-corrected chi connectivity index (χ1v) is 12.4. The Kier molecular flexibility index (Phi) is 7.37. The number of ether oxygens (including phenoxy) is 1. The number of methoxy groups -OCH3 is 1. The molecule has 188 valence electrons. The number of rotatable bonds is 9. The molecule has 0 bridgehead atoms. The van der Waals surface area contributed by atoms with Gasteiger partial charge in [0, 0.05) is 51.2 Å². The van der Waals surface area contributed by atoms with Gasteiger partial charge < -0.3 is 20.1 Å². The number of nitrogens with zero attached hydrogens (tertiary/aromatic N) is 7. The average molecular weight is 482 g/mol. The fourth-order valence-electron chi connectivity index (χ4n) is 4.92. The molecule has 1 aromatic carbocycles. The first-order valence-electron chi connectivity index (χ1n) is 12.4. The third-order valence-corrected chi connectivity index (χ3v) is 7.14. The summed E-state index contributed by atoms with van der Waals surface area (Å²) in [6, 6.07) is 7.82. The number of aliphatic hydroxyl groups is 1. The summed E-state index contributed by atoms with van der Waals surface area (Å²) in [5.41, 5.74) is 2.13. The first kappa shape index (κ1) is 23.9. The second-order valence-electron chi connectivity index (χ2n) is 9.56. The van der Waals surface area contributed by atoms with Crippen LogP contribution in [0.25, 0.3) is 16.9 Å². The Bertz CT molecular complexity index is 1100. The highest BCUT2D eigenvalue weighted by molar-refractivity contribution is 5.72. The third-order valence-electron chi connectivity index (χ3n) is 7.14. The molecule has 11 nitrogen and oxygen atoms in total. The maximum Gasteiger partial charge on any atom is 0.225 e. The van der Waals surface area contributed by atoms with Crippen LogP contribution in [0.3, 0.4) is 0 Å². The molecule has 2 aromatic heterocycles. The van der Waals surface area contributed by atoms with Crippen molar-refractivity contribution in [3.8, 4) is 11.4 Å². The van der Waals surface area contributed by atoms with Crippen molar-refractivity contribution in [1.82, 2.24) is 40.1 Å². The van der Waals surface area contributed by atoms with Crippen molar-refractivity contribution in [3.05, 3.63) is 30.5 Å². The largest absolute Gasteiger partial charge is 0.497 e. The summed E-state index contributed by atoms with van der Waals surface area (Å²) in [6.45, 7) is 6.21. The zero-order valence-corrected chi connectivity index (χ0v) is 20.5. The number of aromatic nitrogens is 5. The second-order valence-corrected chi connectivity index (χ2v) is 9.56. The Labute approximate surface area is 205 Å². The van der Waals surface area contributed by atoms with Gasteiger partial charge in [0.05, 0.1) is 19.0 Å². The van der Waals surface area contributed by atoms with Gasteiger partial charge in [0.1, 0.15) is 12.0 Å². The molecular formula is C24H35N9O2. The molecule has 1 aliphatic heterocycles. The van der Waals surface area contributed by atoms with E-state index in [2.05, 4.69) is 42.8 Å². The van der Waals surface area contributed by atoms with Gasteiger partial charge in [0.25, 0.3) is 0 Å². The topological polar surface area (TPSA) is 116 Å². The lowest BCUT2D eigenvalue weighted by Gasteiger charge is -2.32. The summed E-state index contributed by atoms with van der Waals surface area (Å²) in [5.74, 6) is 1.55. The van der Waals surface area contributed by atoms with Crippen molar-refractivity contribution < 1.29 is 9.84 Å². The summed E-state index contributed by atoms with van der Waals surface area (Å²) in [4.78, 5) is 13.9. The molecule has 3 heterocycles. The maximum atomic E-state index is 10.7. The van der Waals surface area contributed by atoms with Crippen LogP contribution >= 0.6 is 0 Å². The van der Waals surface area contributed by atoms with Crippen LogP contribution in [-0.2, 0) is 0 Å². The monoisotopic (exact) mass is 481 g/mol. The number of anilines is 1. The highest BCUT2D eigenvalue weighted by Crippen LogP contribution is 2.29. The molecular weight excluding hydrogens is 446 g/mol. The van der Waals surface area contributed by atoms with E-state index in [1.807, 2.05) is 24.3 Å². The number of hydrogen-bond acceptors (Lipinski definition) is 10. The molecule has 0 spiro atoms. The molecule has 3 atom stereocenters. The van der Waals surface area contributed by atoms with E-state index < -0.39 is 6.23 Å². The van der Waals surface area contributed by atoms with Crippen LogP contribution in [0, 0.1) is 5.92 Å². The van der Waals surface area contributed by atoms with Crippen LogP contribution in [0.4, 0.5) is 5.95 Å². The molecule has 1 aliphatic carbocycles. The number of aliphatic hydroxyl groups excluding tert-OH is 1. The Morgan fingerprint density at radius 1 is 1.14 bits per heavy atom. The van der Waals surface area contributed by atoms with E-state index in [1.165, 1.54) is 0 Å². The standard InChI is InChI=1S/C24H35N9O2/c1-31-11-13-32(14-12-31)10-9-25-23(34)17-3-4-18(15-17)27-24-26-16-21-22(28-24)33(30-29-21)19-5-7-20(35-2)8-6-19/h5-8,16-18,23,25,34H,3-4,9-15H2,1-2H3,(H,26,27,28)/t17-,18-,23?/m1/s1. The van der Waals surface area contributed by atoms with Gasteiger partial charge in [-0.15, -0.1) is 5.10 Å². The number of nitrogens with one attached hydrogen (secondary N) is 2. The summed E-state index contributed by atoms with van der Waals surface area (Å²) in [6.07, 6.45) is 4.02. The molecule has 3 N–H and O–H groups in total. The van der Waals surface area contributed by atoms with E-state index in [1.54, 1.807) is 18.0 Å². The smallest absolute Gasteiger partial charge is 0.225 e. The number of fused-ring (bicyclic) bond motifs is 1. The number of benzene rings is 1. The van der Waals surface area contributed by atoms with E-state index >= 15 is 0 Å². The van der Waals surface area contributed by atoms with Gasteiger partial charge in [-0.05, 0) is 50.6 Å². The van der Waals surface area contributed by atoms with Crippen LogP contribution < -0.4 is 15.4 Å². The molecule has 2 aliphatic rings. The Morgan fingerprint density at radius 2 is 1.94 bits per heavy atom. The van der Waals surface area contributed by atoms with E-state index in [-0.39, 0.29) is 12.0 Å². The number of hydrogen-bond donors (Lipinski definition) is 3. The molecule has 5 rings (SSSR count). The third kappa shape index (κ3) is 5.69. The molecule has 35 heavy (non-hydrogen) atoms. The summed E-state index contributed by atoms with van der Waals surface area (Å²) < 4.78 is 6.94. The van der Waals surface area contributed by atoms with E-state index in [9.17, 15) is 5.11 Å². The van der Waals surface area contributed by atoms with Crippen molar-refractivity contribution >= 4 is 17.1 Å². The van der Waals surface area contributed by atoms with Crippen LogP contribution in [0.1, 0.15) is 19.3 Å². The lowest BCUT2D eigenvalue weighted by Crippen LogP contribution is -2.48. The van der Waals surface area contributed by atoms with Crippen LogP contribution in [0.2, 0.25) is 0 Å². The van der Waals surface area contributed by atoms with Crippen molar-refractivity contribution in [1.29, 1.82) is 0 Å². The highest BCUT2D eigenvalue weighted by Gasteiger charge is 2.30. The quantitative estimate of drug-likeness (QED) is 0.382. The molecule has 11 heteroatoms. The minimum atomic E-state index is -0.488. The van der Waals surface area contributed by atoms with Crippen molar-refractivity contribution in [2.45, 2.75) is 31.5 Å². The molecule has 0 radical (unpaired) electrons. The van der Waals surface area contributed by atoms with Gasteiger partial charge in [0.2, 0.25) is 5.95 Å². The summed E-state index contributed by atoms with van der Waals surface area (Å²) in [5, 5.41) is 25.9. The molecule has 2 fully saturated rings. The highest BCUT2D eigenvalue weighted by atomic mass is 16.5. The fraction of sp³-hybridized carbons (Fsp3) is 0.583. The second kappa shape index (κ2) is 10.8. The number of piperazine rings is 1. The predicted molar refractivity (Wildman–Crippen MR) is 134 cm³/mol. The molecule has 1 unspecified atom stereocenters. The fourth-order valence-corrected chi connectivity index (χ4v) is 4.92. The Balaban J connectivity index is 1.14. The van der Waals surface area contributed by atoms with Gasteiger partial charge >= 0.3 is 0 Å². The van der Waals surface area contributed by atoms with Crippen molar-refractivity contribution in [2.75, 3.05) is 58.7 Å². The number of likely N-dealkylation sites (N-methyl/N-ethyl adjacent to an activating group) is 1. The van der Waals surface area contributed by atoms with Crippen molar-refractivity contribution in [3.63, 3.8) is 0 Å². The summed E-state index contributed by atoms with van der Waals surface area (Å²) >= 11 is 0. The van der Waals surface area contributed by atoms with Gasteiger partial charge in [-0.25, -0.2) is 4.98 Å². The molecule has 0 amide bonds. The van der Waals surface area contributed by atoms with E-state index in [0.717, 1.165) is 70.0 Å². The molecule has 1 saturated carbocycles. The summed E-state index contributed by atoms with van der Waals surface area (Å²) in [7, 11) is 3.81. The lowest BCUT2D eigenvalue weighted by atomic mass is 10.1. The van der Waals surface area contributed by atoms with Crippen LogP contribution in [-0.4, -0.2) is 106 Å².